The molecule has 1 fully saturated rings. The second kappa shape index (κ2) is 8.94. The molecule has 0 atom stereocenters. The van der Waals surface area contributed by atoms with E-state index in [0.29, 0.717) is 13.0 Å². The molecular formula is C17H28N4O3S. The van der Waals surface area contributed by atoms with Gasteiger partial charge in [-0.1, -0.05) is 6.07 Å². The SMILES string of the molecule is CN=C(NCCCS(C)(=O)=O)N1CCN(c2cccc(OC)c2)CC1. The van der Waals surface area contributed by atoms with Crippen LogP contribution in [0.2, 0.25) is 0 Å². The van der Waals surface area contributed by atoms with Gasteiger partial charge in [0.15, 0.2) is 5.96 Å². The predicted octanol–water partition coefficient (Wildman–Crippen LogP) is 0.827. The van der Waals surface area contributed by atoms with E-state index in [9.17, 15) is 8.42 Å². The third-order valence-corrected chi connectivity index (χ3v) is 5.21. The van der Waals surface area contributed by atoms with Crippen molar-refractivity contribution in [3.05, 3.63) is 24.3 Å². The lowest BCUT2D eigenvalue weighted by Gasteiger charge is -2.37. The van der Waals surface area contributed by atoms with Crippen molar-refractivity contribution in [1.82, 2.24) is 10.2 Å². The standard InChI is InChI=1S/C17H28N4O3S/c1-18-17(19-8-5-13-25(3,22)23)21-11-9-20(10-12-21)15-6-4-7-16(14-15)24-2/h4,6-7,14H,5,8-13H2,1-3H3,(H,18,19). The van der Waals surface area contributed by atoms with E-state index in [1.807, 2.05) is 18.2 Å². The molecule has 7 nitrogen and oxygen atoms in total. The van der Waals surface area contributed by atoms with Crippen LogP contribution in [0, 0.1) is 0 Å². The van der Waals surface area contributed by atoms with Crippen LogP contribution in [0.25, 0.3) is 0 Å². The average Bonchev–Trinajstić information content (AvgIpc) is 2.61. The molecule has 1 aromatic carbocycles. The first kappa shape index (κ1) is 19.4. The van der Waals surface area contributed by atoms with Crippen LogP contribution in [-0.4, -0.2) is 78.2 Å². The van der Waals surface area contributed by atoms with Gasteiger partial charge in [0.25, 0.3) is 0 Å². The van der Waals surface area contributed by atoms with E-state index in [1.54, 1.807) is 14.2 Å². The van der Waals surface area contributed by atoms with Gasteiger partial charge in [-0.15, -0.1) is 0 Å². The number of ether oxygens (including phenoxy) is 1. The molecule has 0 radical (unpaired) electrons. The summed E-state index contributed by atoms with van der Waals surface area (Å²) in [5, 5.41) is 3.26. The summed E-state index contributed by atoms with van der Waals surface area (Å²) in [6, 6.07) is 8.09. The first-order chi connectivity index (χ1) is 11.9. The minimum Gasteiger partial charge on any atom is -0.497 e. The zero-order valence-corrected chi connectivity index (χ0v) is 16.1. The largest absolute Gasteiger partial charge is 0.497 e. The first-order valence-corrected chi connectivity index (χ1v) is 10.5. The number of methoxy groups -OCH3 is 1. The van der Waals surface area contributed by atoms with Gasteiger partial charge in [0.1, 0.15) is 15.6 Å². The van der Waals surface area contributed by atoms with Crippen molar-refractivity contribution >= 4 is 21.5 Å². The Morgan fingerprint density at radius 3 is 2.60 bits per heavy atom. The van der Waals surface area contributed by atoms with E-state index in [1.165, 1.54) is 6.26 Å². The van der Waals surface area contributed by atoms with Crippen LogP contribution in [0.5, 0.6) is 5.75 Å². The molecule has 1 N–H and O–H groups in total. The van der Waals surface area contributed by atoms with Crippen LogP contribution in [0.4, 0.5) is 5.69 Å². The van der Waals surface area contributed by atoms with E-state index in [4.69, 9.17) is 4.74 Å². The van der Waals surface area contributed by atoms with Gasteiger partial charge in [0.2, 0.25) is 0 Å². The van der Waals surface area contributed by atoms with Crippen molar-refractivity contribution < 1.29 is 13.2 Å². The lowest BCUT2D eigenvalue weighted by Crippen LogP contribution is -2.52. The Balaban J connectivity index is 1.83. The number of hydrogen-bond acceptors (Lipinski definition) is 5. The van der Waals surface area contributed by atoms with E-state index in [-0.39, 0.29) is 5.75 Å². The van der Waals surface area contributed by atoms with Crippen LogP contribution >= 0.6 is 0 Å². The molecule has 140 valence electrons. The van der Waals surface area contributed by atoms with Crippen molar-refractivity contribution in [1.29, 1.82) is 0 Å². The highest BCUT2D eigenvalue weighted by Gasteiger charge is 2.20. The number of nitrogens with one attached hydrogen (secondary N) is 1. The number of rotatable bonds is 6. The summed E-state index contributed by atoms with van der Waals surface area (Å²) < 4.78 is 27.7. The molecule has 0 unspecified atom stereocenters. The third kappa shape index (κ3) is 6.12. The van der Waals surface area contributed by atoms with Crippen molar-refractivity contribution in [2.75, 3.05) is 63.8 Å². The minimum atomic E-state index is -2.91. The summed E-state index contributed by atoms with van der Waals surface area (Å²) >= 11 is 0. The van der Waals surface area contributed by atoms with E-state index in [2.05, 4.69) is 26.2 Å². The Morgan fingerprint density at radius 1 is 1.28 bits per heavy atom. The fourth-order valence-corrected chi connectivity index (χ4v) is 3.52. The molecule has 0 bridgehead atoms. The van der Waals surface area contributed by atoms with Gasteiger partial charge < -0.3 is 19.9 Å². The average molecular weight is 369 g/mol. The molecule has 1 saturated heterocycles. The molecule has 1 heterocycles. The molecule has 1 aliphatic rings. The quantitative estimate of drug-likeness (QED) is 0.455. The summed E-state index contributed by atoms with van der Waals surface area (Å²) in [6.07, 6.45) is 1.85. The maximum Gasteiger partial charge on any atom is 0.193 e. The second-order valence-electron chi connectivity index (χ2n) is 6.13. The molecule has 0 aliphatic carbocycles. The van der Waals surface area contributed by atoms with Crippen molar-refractivity contribution in [3.63, 3.8) is 0 Å². The minimum absolute atomic E-state index is 0.195. The van der Waals surface area contributed by atoms with Crippen LogP contribution < -0.4 is 15.0 Å². The fourth-order valence-electron chi connectivity index (χ4n) is 2.85. The van der Waals surface area contributed by atoms with E-state index < -0.39 is 9.84 Å². The lowest BCUT2D eigenvalue weighted by molar-refractivity contribution is 0.372. The highest BCUT2D eigenvalue weighted by molar-refractivity contribution is 7.90. The number of aliphatic imine (C=N–C) groups is 1. The molecule has 0 amide bonds. The Kier molecular flexibility index (Phi) is 6.92. The summed E-state index contributed by atoms with van der Waals surface area (Å²) in [5.41, 5.74) is 1.16. The fraction of sp³-hybridized carbons (Fsp3) is 0.588. The normalized spacial score (nSPS) is 16.0. The van der Waals surface area contributed by atoms with Crippen LogP contribution in [0.15, 0.2) is 29.3 Å². The summed E-state index contributed by atoms with van der Waals surface area (Å²) in [5.74, 6) is 1.89. The van der Waals surface area contributed by atoms with Crippen molar-refractivity contribution in [3.8, 4) is 5.75 Å². The molecule has 2 rings (SSSR count). The van der Waals surface area contributed by atoms with Crippen LogP contribution in [0.1, 0.15) is 6.42 Å². The maximum absolute atomic E-state index is 11.2. The molecule has 1 aliphatic heterocycles. The molecule has 0 spiro atoms. The monoisotopic (exact) mass is 368 g/mol. The molecule has 0 aromatic heterocycles. The van der Waals surface area contributed by atoms with Crippen molar-refractivity contribution in [2.45, 2.75) is 6.42 Å². The molecule has 1 aromatic rings. The maximum atomic E-state index is 11.2. The van der Waals surface area contributed by atoms with Crippen molar-refractivity contribution in [2.24, 2.45) is 4.99 Å². The highest BCUT2D eigenvalue weighted by atomic mass is 32.2. The van der Waals surface area contributed by atoms with Gasteiger partial charge in [0.05, 0.1) is 12.9 Å². The Hall–Kier alpha value is -1.96. The number of sulfone groups is 1. The number of nitrogens with zero attached hydrogens (tertiary/aromatic N) is 3. The van der Waals surface area contributed by atoms with E-state index >= 15 is 0 Å². The van der Waals surface area contributed by atoms with Gasteiger partial charge in [-0.3, -0.25) is 4.99 Å². The van der Waals surface area contributed by atoms with Crippen LogP contribution in [-0.2, 0) is 9.84 Å². The smallest absolute Gasteiger partial charge is 0.193 e. The van der Waals surface area contributed by atoms with Gasteiger partial charge in [-0.2, -0.15) is 0 Å². The molecule has 8 heteroatoms. The topological polar surface area (TPSA) is 74.2 Å². The van der Waals surface area contributed by atoms with Gasteiger partial charge in [-0.05, 0) is 18.6 Å². The lowest BCUT2D eigenvalue weighted by atomic mass is 10.2. The molecule has 0 saturated carbocycles. The number of benzene rings is 1. The second-order valence-corrected chi connectivity index (χ2v) is 8.39. The summed E-state index contributed by atoms with van der Waals surface area (Å²) in [6.45, 7) is 4.14. The third-order valence-electron chi connectivity index (χ3n) is 4.18. The highest BCUT2D eigenvalue weighted by Crippen LogP contribution is 2.22. The van der Waals surface area contributed by atoms with E-state index in [0.717, 1.165) is 43.6 Å². The number of anilines is 1. The Bertz CT molecular complexity index is 683. The van der Waals surface area contributed by atoms with Crippen LogP contribution in [0.3, 0.4) is 0 Å². The van der Waals surface area contributed by atoms with Gasteiger partial charge in [0, 0.05) is 57.8 Å². The van der Waals surface area contributed by atoms with Gasteiger partial charge >= 0.3 is 0 Å². The first-order valence-electron chi connectivity index (χ1n) is 8.45. The molecule has 25 heavy (non-hydrogen) atoms. The number of guanidine groups is 1. The Labute approximate surface area is 150 Å². The zero-order valence-electron chi connectivity index (χ0n) is 15.2. The predicted molar refractivity (Wildman–Crippen MR) is 102 cm³/mol. The van der Waals surface area contributed by atoms with Gasteiger partial charge in [-0.25, -0.2) is 8.42 Å². The number of piperazine rings is 1. The summed E-state index contributed by atoms with van der Waals surface area (Å²) in [4.78, 5) is 8.85. The summed E-state index contributed by atoms with van der Waals surface area (Å²) in [7, 11) is 0.527. The number of hydrogen-bond donors (Lipinski definition) is 1. The Morgan fingerprint density at radius 2 is 2.00 bits per heavy atom. The molecular weight excluding hydrogens is 340 g/mol. The zero-order chi connectivity index (χ0) is 18.3.